The van der Waals surface area contributed by atoms with E-state index in [1.54, 1.807) is 30.6 Å². The number of hydrogen-bond acceptors (Lipinski definition) is 7. The van der Waals surface area contributed by atoms with Crippen molar-refractivity contribution in [3.8, 4) is 0 Å². The summed E-state index contributed by atoms with van der Waals surface area (Å²) in [6.45, 7) is 0.0817. The fourth-order valence-electron chi connectivity index (χ4n) is 3.09. The Morgan fingerprint density at radius 2 is 2.11 bits per heavy atom. The molecule has 2 amide bonds. The number of carbonyl (C=O) groups is 2. The van der Waals surface area contributed by atoms with Gasteiger partial charge < -0.3 is 20.5 Å². The number of aromatic nitrogens is 3. The van der Waals surface area contributed by atoms with Crippen LogP contribution in [0.4, 0.5) is 0 Å². The SMILES string of the molecule is O=C(C[C@H]1CC[C@H](NC(=O)c2cccnc2)[C@@H](CO)O1)NCc1ccncn1. The highest BCUT2D eigenvalue weighted by Gasteiger charge is 2.33. The summed E-state index contributed by atoms with van der Waals surface area (Å²) in [6, 6.07) is 4.77. The number of aliphatic hydroxyl groups excluding tert-OH is 1. The smallest absolute Gasteiger partial charge is 0.253 e. The third-order valence-electron chi connectivity index (χ3n) is 4.56. The third kappa shape index (κ3) is 5.54. The lowest BCUT2D eigenvalue weighted by Gasteiger charge is -2.36. The zero-order chi connectivity index (χ0) is 19.8. The summed E-state index contributed by atoms with van der Waals surface area (Å²) in [7, 11) is 0. The highest BCUT2D eigenvalue weighted by atomic mass is 16.5. The average molecular weight is 385 g/mol. The second-order valence-electron chi connectivity index (χ2n) is 6.56. The molecule has 1 fully saturated rings. The predicted molar refractivity (Wildman–Crippen MR) is 99.0 cm³/mol. The van der Waals surface area contributed by atoms with E-state index in [2.05, 4.69) is 25.6 Å². The van der Waals surface area contributed by atoms with Gasteiger partial charge in [0.2, 0.25) is 5.91 Å². The van der Waals surface area contributed by atoms with Crippen molar-refractivity contribution < 1.29 is 19.4 Å². The van der Waals surface area contributed by atoms with E-state index in [-0.39, 0.29) is 37.0 Å². The van der Waals surface area contributed by atoms with Crippen molar-refractivity contribution in [2.45, 2.75) is 44.1 Å². The van der Waals surface area contributed by atoms with Crippen molar-refractivity contribution in [1.82, 2.24) is 25.6 Å². The van der Waals surface area contributed by atoms with E-state index in [4.69, 9.17) is 4.74 Å². The molecular weight excluding hydrogens is 362 g/mol. The molecule has 3 rings (SSSR count). The number of hydrogen-bond donors (Lipinski definition) is 3. The second-order valence-corrected chi connectivity index (χ2v) is 6.56. The van der Waals surface area contributed by atoms with Gasteiger partial charge in [-0.3, -0.25) is 14.6 Å². The summed E-state index contributed by atoms with van der Waals surface area (Å²) < 4.78 is 5.84. The fraction of sp³-hybridized carbons (Fsp3) is 0.421. The van der Waals surface area contributed by atoms with Crippen LogP contribution in [0.15, 0.2) is 43.1 Å². The van der Waals surface area contributed by atoms with E-state index in [1.807, 2.05) is 0 Å². The minimum Gasteiger partial charge on any atom is -0.394 e. The van der Waals surface area contributed by atoms with Crippen molar-refractivity contribution in [2.75, 3.05) is 6.61 Å². The van der Waals surface area contributed by atoms with Crippen molar-refractivity contribution in [2.24, 2.45) is 0 Å². The fourth-order valence-corrected chi connectivity index (χ4v) is 3.09. The maximum atomic E-state index is 12.3. The lowest BCUT2D eigenvalue weighted by molar-refractivity contribution is -0.131. The van der Waals surface area contributed by atoms with E-state index in [1.165, 1.54) is 12.5 Å². The molecule has 0 spiro atoms. The number of nitrogens with one attached hydrogen (secondary N) is 2. The highest BCUT2D eigenvalue weighted by Crippen LogP contribution is 2.22. The maximum Gasteiger partial charge on any atom is 0.253 e. The largest absolute Gasteiger partial charge is 0.394 e. The van der Waals surface area contributed by atoms with Gasteiger partial charge in [-0.1, -0.05) is 0 Å². The van der Waals surface area contributed by atoms with E-state index < -0.39 is 6.10 Å². The lowest BCUT2D eigenvalue weighted by Crippen LogP contribution is -2.51. The number of nitrogens with zero attached hydrogens (tertiary/aromatic N) is 3. The molecule has 0 saturated carbocycles. The third-order valence-corrected chi connectivity index (χ3v) is 4.56. The average Bonchev–Trinajstić information content (AvgIpc) is 2.74. The molecule has 0 aromatic carbocycles. The Bertz CT molecular complexity index is 774. The standard InChI is InChI=1S/C19H23N5O4/c25-11-17-16(24-19(27)13-2-1-6-20-9-13)4-3-15(28-17)8-18(26)22-10-14-5-7-21-12-23-14/h1-2,5-7,9,12,15-17,25H,3-4,8,10-11H2,(H,22,26)(H,24,27)/t15-,16+,17-/m1/s1. The first-order valence-electron chi connectivity index (χ1n) is 9.14. The summed E-state index contributed by atoms with van der Waals surface area (Å²) in [6.07, 6.45) is 6.65. The van der Waals surface area contributed by atoms with Crippen molar-refractivity contribution in [1.29, 1.82) is 0 Å². The van der Waals surface area contributed by atoms with Gasteiger partial charge >= 0.3 is 0 Å². The van der Waals surface area contributed by atoms with Gasteiger partial charge in [-0.15, -0.1) is 0 Å². The molecule has 28 heavy (non-hydrogen) atoms. The van der Waals surface area contributed by atoms with E-state index in [0.717, 1.165) is 5.69 Å². The van der Waals surface area contributed by atoms with Crippen LogP contribution in [0, 0.1) is 0 Å². The Morgan fingerprint density at radius 3 is 2.82 bits per heavy atom. The van der Waals surface area contributed by atoms with Crippen LogP contribution >= 0.6 is 0 Å². The van der Waals surface area contributed by atoms with Crippen molar-refractivity contribution in [3.05, 3.63) is 54.4 Å². The Hall–Kier alpha value is -2.91. The zero-order valence-corrected chi connectivity index (χ0v) is 15.3. The number of pyridine rings is 1. The van der Waals surface area contributed by atoms with Gasteiger partial charge in [-0.2, -0.15) is 0 Å². The molecule has 9 nitrogen and oxygen atoms in total. The molecule has 0 bridgehead atoms. The first kappa shape index (κ1) is 19.8. The summed E-state index contributed by atoms with van der Waals surface area (Å²) in [4.78, 5) is 36.2. The molecular formula is C19H23N5O4. The van der Waals surface area contributed by atoms with Crippen LogP contribution in [0.2, 0.25) is 0 Å². The number of ether oxygens (including phenoxy) is 1. The highest BCUT2D eigenvalue weighted by molar-refractivity contribution is 5.94. The molecule has 2 aromatic rings. The minimum atomic E-state index is -0.561. The van der Waals surface area contributed by atoms with E-state index in [9.17, 15) is 14.7 Å². The topological polar surface area (TPSA) is 126 Å². The summed E-state index contributed by atoms with van der Waals surface area (Å²) in [5.74, 6) is -0.417. The molecule has 9 heteroatoms. The van der Waals surface area contributed by atoms with Crippen LogP contribution in [0.25, 0.3) is 0 Å². The first-order chi connectivity index (χ1) is 13.7. The predicted octanol–water partition coefficient (Wildman–Crippen LogP) is 0.216. The van der Waals surface area contributed by atoms with Crippen LogP contribution in [0.1, 0.15) is 35.3 Å². The number of carbonyl (C=O) groups excluding carboxylic acids is 2. The number of amides is 2. The van der Waals surface area contributed by atoms with Crippen LogP contribution in [-0.4, -0.2) is 56.7 Å². The van der Waals surface area contributed by atoms with Gasteiger partial charge in [0.15, 0.2) is 0 Å². The molecule has 3 atom stereocenters. The van der Waals surface area contributed by atoms with Gasteiger partial charge in [-0.25, -0.2) is 9.97 Å². The first-order valence-corrected chi connectivity index (χ1v) is 9.14. The Morgan fingerprint density at radius 1 is 1.21 bits per heavy atom. The van der Waals surface area contributed by atoms with Gasteiger partial charge in [0, 0.05) is 18.6 Å². The number of aliphatic hydroxyl groups is 1. The summed E-state index contributed by atoms with van der Waals surface area (Å²) >= 11 is 0. The zero-order valence-electron chi connectivity index (χ0n) is 15.3. The van der Waals surface area contributed by atoms with Gasteiger partial charge in [0.05, 0.1) is 43.0 Å². The van der Waals surface area contributed by atoms with Crippen LogP contribution < -0.4 is 10.6 Å². The molecule has 1 saturated heterocycles. The molecule has 1 aliphatic rings. The van der Waals surface area contributed by atoms with Crippen LogP contribution in [0.3, 0.4) is 0 Å². The van der Waals surface area contributed by atoms with Gasteiger partial charge in [-0.05, 0) is 31.0 Å². The normalized spacial score (nSPS) is 21.7. The summed E-state index contributed by atoms with van der Waals surface area (Å²) in [5.41, 5.74) is 1.17. The van der Waals surface area contributed by atoms with E-state index >= 15 is 0 Å². The van der Waals surface area contributed by atoms with Crippen LogP contribution in [0.5, 0.6) is 0 Å². The number of rotatable bonds is 7. The second kappa shape index (κ2) is 9.86. The lowest BCUT2D eigenvalue weighted by atomic mass is 9.96. The van der Waals surface area contributed by atoms with Gasteiger partial charge in [0.25, 0.3) is 5.91 Å². The van der Waals surface area contributed by atoms with Crippen LogP contribution in [-0.2, 0) is 16.1 Å². The van der Waals surface area contributed by atoms with Crippen molar-refractivity contribution in [3.63, 3.8) is 0 Å². The molecule has 1 aliphatic heterocycles. The monoisotopic (exact) mass is 385 g/mol. The maximum absolute atomic E-state index is 12.3. The molecule has 3 heterocycles. The van der Waals surface area contributed by atoms with E-state index in [0.29, 0.717) is 24.9 Å². The van der Waals surface area contributed by atoms with Crippen molar-refractivity contribution >= 4 is 11.8 Å². The molecule has 0 radical (unpaired) electrons. The quantitative estimate of drug-likeness (QED) is 0.622. The van der Waals surface area contributed by atoms with Gasteiger partial charge in [0.1, 0.15) is 12.4 Å². The molecule has 148 valence electrons. The minimum absolute atomic E-state index is 0.154. The summed E-state index contributed by atoms with van der Waals surface area (Å²) in [5, 5.41) is 15.3. The molecule has 2 aromatic heterocycles. The molecule has 3 N–H and O–H groups in total. The molecule has 0 unspecified atom stereocenters. The Kier molecular flexibility index (Phi) is 6.99. The Balaban J connectivity index is 1.47. The Labute approximate surface area is 162 Å². The molecule has 0 aliphatic carbocycles.